The lowest BCUT2D eigenvalue weighted by molar-refractivity contribution is 0.0836. The first-order valence-corrected chi connectivity index (χ1v) is 31.1. The standard InChI is InChI=1S/C32H43N.C20H35N.C7H17N.C7H14.C2H6.H3N/c1-25-18-20-32(21-19-25)33-22-10-17-29(23-26(2)27-11-5-3-6-12-27)31-16-9-15-30(24-31)28-13-7-4-8-14-28;21-12-11-16-13-19(17-7-3-1-4-8-17)15-20(14-16)18-9-5-2-6-10-18;1-3-4-5-6-7-8-2;1-7-5-3-2-4-6-7;1-2;/h4,7-9,13-16,18,20,24-25,27,29,32-33H,2-3,5-6,10-12,17,19,21-23H2,1H3;1,3,16-20H,2,4-15,21H2;8H,3-7H2,1-2H3;7H,2-6H2,1H3;1-2H3;1H3/t;16?,17?,19?,20-;;;;/m.0..../s1. The number of unbranched alkanes of at least 4 members (excludes halogenated alkanes) is 3. The molecule has 0 bridgehead atoms. The second-order valence-electron chi connectivity index (χ2n) is 23.5. The summed E-state index contributed by atoms with van der Waals surface area (Å²) in [5.74, 6) is 8.11. The minimum atomic E-state index is 0. The van der Waals surface area contributed by atoms with E-state index in [2.05, 4.69) is 117 Å². The van der Waals surface area contributed by atoms with Crippen LogP contribution in [0.4, 0.5) is 0 Å². The van der Waals surface area contributed by atoms with Crippen LogP contribution in [0.15, 0.2) is 91.1 Å². The normalized spacial score (nSPS) is 25.0. The van der Waals surface area contributed by atoms with Crippen LogP contribution >= 0.6 is 0 Å². The van der Waals surface area contributed by atoms with Gasteiger partial charge in [-0.1, -0.05) is 228 Å². The number of hydrogen-bond donors (Lipinski definition) is 4. The Bertz CT molecular complexity index is 1640. The van der Waals surface area contributed by atoms with Crippen LogP contribution < -0.4 is 22.5 Å². The molecule has 4 heteroatoms. The Morgan fingerprint density at radius 2 is 1.32 bits per heavy atom. The summed E-state index contributed by atoms with van der Waals surface area (Å²) < 4.78 is 0. The minimum Gasteiger partial charge on any atom is -0.344 e. The van der Waals surface area contributed by atoms with Gasteiger partial charge < -0.3 is 22.5 Å². The van der Waals surface area contributed by atoms with E-state index in [4.69, 9.17) is 5.73 Å². The van der Waals surface area contributed by atoms with Crippen LogP contribution in [0.25, 0.3) is 11.1 Å². The second kappa shape index (κ2) is 39.8. The molecule has 6 aliphatic carbocycles. The van der Waals surface area contributed by atoms with E-state index in [1.165, 1.54) is 215 Å². The molecule has 0 spiro atoms. The summed E-state index contributed by atoms with van der Waals surface area (Å²) in [6.45, 7) is 18.7. The molecule has 4 saturated carbocycles. The predicted molar refractivity (Wildman–Crippen MR) is 321 cm³/mol. The lowest BCUT2D eigenvalue weighted by atomic mass is 9.62. The average molecular weight is 992 g/mol. The maximum atomic E-state index is 5.90. The summed E-state index contributed by atoms with van der Waals surface area (Å²) in [6.07, 6.45) is 53.1. The van der Waals surface area contributed by atoms with Crippen LogP contribution in [-0.4, -0.2) is 32.7 Å². The Balaban J connectivity index is 0.000000297. The molecule has 8 rings (SSSR count). The fourth-order valence-electron chi connectivity index (χ4n) is 13.4. The summed E-state index contributed by atoms with van der Waals surface area (Å²) >= 11 is 0. The third-order valence-electron chi connectivity index (χ3n) is 17.8. The molecular formula is C68H118N4. The molecule has 2 aromatic rings. The Morgan fingerprint density at radius 3 is 1.92 bits per heavy atom. The zero-order chi connectivity index (χ0) is 50.7. The summed E-state index contributed by atoms with van der Waals surface area (Å²) in [5, 5.41) is 6.92. The van der Waals surface area contributed by atoms with E-state index in [0.29, 0.717) is 12.0 Å². The third kappa shape index (κ3) is 25.4. The van der Waals surface area contributed by atoms with Crippen molar-refractivity contribution in [1.29, 1.82) is 0 Å². The highest BCUT2D eigenvalue weighted by Crippen LogP contribution is 2.47. The highest BCUT2D eigenvalue weighted by atomic mass is 14.9. The van der Waals surface area contributed by atoms with Gasteiger partial charge >= 0.3 is 0 Å². The molecule has 0 radical (unpaired) electrons. The lowest BCUT2D eigenvalue weighted by Gasteiger charge is -2.43. The maximum absolute atomic E-state index is 5.90. The topological polar surface area (TPSA) is 85.1 Å². The van der Waals surface area contributed by atoms with E-state index in [1.807, 2.05) is 20.9 Å². The van der Waals surface area contributed by atoms with Crippen molar-refractivity contribution < 1.29 is 0 Å². The van der Waals surface area contributed by atoms with Gasteiger partial charge in [0.15, 0.2) is 0 Å². The summed E-state index contributed by atoms with van der Waals surface area (Å²) in [6, 6.07) is 20.7. The highest BCUT2D eigenvalue weighted by Gasteiger charge is 2.36. The third-order valence-corrected chi connectivity index (χ3v) is 17.8. The van der Waals surface area contributed by atoms with Crippen molar-refractivity contribution in [2.75, 3.05) is 26.7 Å². The molecule has 0 aliphatic heterocycles. The molecule has 72 heavy (non-hydrogen) atoms. The first kappa shape index (κ1) is 63.8. The van der Waals surface area contributed by atoms with Gasteiger partial charge in [-0.2, -0.15) is 0 Å². The van der Waals surface area contributed by atoms with Crippen molar-refractivity contribution in [3.8, 4) is 11.1 Å². The SMILES string of the molecule is C=C(CC(CCCNC1C=CC(C)CC1)c1cccc(-c2ccccc2)c1)C1CCCCC1.CC.CC1CCCCC1.CCCCCCNC.N.NCCC1CC(C2CC=CCC2)C[C@@H](C2CCCCC2)C1. The molecule has 2 aromatic carbocycles. The molecule has 7 atom stereocenters. The monoisotopic (exact) mass is 991 g/mol. The zero-order valence-corrected chi connectivity index (χ0v) is 48.3. The number of benzene rings is 2. The van der Waals surface area contributed by atoms with Crippen molar-refractivity contribution in [2.45, 2.75) is 246 Å². The van der Waals surface area contributed by atoms with E-state index < -0.39 is 0 Å². The van der Waals surface area contributed by atoms with Crippen molar-refractivity contribution in [1.82, 2.24) is 16.8 Å². The Labute approximate surface area is 447 Å². The number of allylic oxidation sites excluding steroid dienone is 4. The Kier molecular flexibility index (Phi) is 35.3. The quantitative estimate of drug-likeness (QED) is 0.0835. The minimum absolute atomic E-state index is 0. The van der Waals surface area contributed by atoms with E-state index in [0.717, 1.165) is 66.9 Å². The van der Waals surface area contributed by atoms with Crippen LogP contribution in [0, 0.1) is 47.3 Å². The van der Waals surface area contributed by atoms with Gasteiger partial charge in [-0.15, -0.1) is 0 Å². The maximum Gasteiger partial charge on any atom is 0.0250 e. The molecule has 0 saturated heterocycles. The van der Waals surface area contributed by atoms with E-state index >= 15 is 0 Å². The van der Waals surface area contributed by atoms with Crippen LogP contribution in [0.2, 0.25) is 0 Å². The van der Waals surface area contributed by atoms with Crippen LogP contribution in [0.3, 0.4) is 0 Å². The molecule has 410 valence electrons. The molecule has 7 N–H and O–H groups in total. The van der Waals surface area contributed by atoms with Gasteiger partial charge in [0, 0.05) is 6.04 Å². The van der Waals surface area contributed by atoms with Crippen molar-refractivity contribution in [2.24, 2.45) is 53.1 Å². The van der Waals surface area contributed by atoms with Crippen LogP contribution in [-0.2, 0) is 0 Å². The van der Waals surface area contributed by atoms with Gasteiger partial charge in [0.05, 0.1) is 0 Å². The average Bonchev–Trinajstić information content (AvgIpc) is 3.43. The van der Waals surface area contributed by atoms with Gasteiger partial charge in [0.2, 0.25) is 0 Å². The Hall–Kier alpha value is -2.50. The number of hydrogen-bond acceptors (Lipinski definition) is 4. The molecular weight excluding hydrogens is 873 g/mol. The number of rotatable bonds is 19. The molecule has 0 aromatic heterocycles. The largest absolute Gasteiger partial charge is 0.344 e. The summed E-state index contributed by atoms with van der Waals surface area (Å²) in [5.41, 5.74) is 11.5. The fraction of sp³-hybridized carbons (Fsp3) is 0.735. The highest BCUT2D eigenvalue weighted by molar-refractivity contribution is 5.64. The lowest BCUT2D eigenvalue weighted by Crippen LogP contribution is -2.33. The smallest absolute Gasteiger partial charge is 0.0250 e. The van der Waals surface area contributed by atoms with Crippen molar-refractivity contribution in [3.63, 3.8) is 0 Å². The molecule has 4 nitrogen and oxygen atoms in total. The molecule has 0 amide bonds. The molecule has 4 fully saturated rings. The van der Waals surface area contributed by atoms with E-state index in [1.54, 1.807) is 6.42 Å². The number of nitrogens with one attached hydrogen (secondary N) is 2. The van der Waals surface area contributed by atoms with Crippen molar-refractivity contribution in [3.05, 3.63) is 96.6 Å². The van der Waals surface area contributed by atoms with Gasteiger partial charge in [-0.3, -0.25) is 0 Å². The van der Waals surface area contributed by atoms with Gasteiger partial charge in [0.1, 0.15) is 0 Å². The predicted octanol–water partition coefficient (Wildman–Crippen LogP) is 19.6. The second-order valence-corrected chi connectivity index (χ2v) is 23.5. The zero-order valence-electron chi connectivity index (χ0n) is 48.3. The van der Waals surface area contributed by atoms with E-state index in [9.17, 15) is 0 Å². The van der Waals surface area contributed by atoms with Crippen molar-refractivity contribution >= 4 is 0 Å². The first-order valence-electron chi connectivity index (χ1n) is 31.1. The molecule has 6 unspecified atom stereocenters. The van der Waals surface area contributed by atoms with Gasteiger partial charge in [-0.05, 0) is 193 Å². The van der Waals surface area contributed by atoms with E-state index in [-0.39, 0.29) is 6.15 Å². The molecule has 6 aliphatic rings. The summed E-state index contributed by atoms with van der Waals surface area (Å²) in [4.78, 5) is 0. The number of nitrogens with two attached hydrogens (primary N) is 1. The first-order chi connectivity index (χ1) is 34.9. The van der Waals surface area contributed by atoms with Crippen LogP contribution in [0.1, 0.15) is 245 Å². The van der Waals surface area contributed by atoms with Gasteiger partial charge in [-0.25, -0.2) is 0 Å². The Morgan fingerprint density at radius 1 is 0.653 bits per heavy atom. The van der Waals surface area contributed by atoms with Gasteiger partial charge in [0.25, 0.3) is 0 Å². The van der Waals surface area contributed by atoms with Crippen LogP contribution in [0.5, 0.6) is 0 Å². The molecule has 0 heterocycles. The summed E-state index contributed by atoms with van der Waals surface area (Å²) in [7, 11) is 2.01. The fourth-order valence-corrected chi connectivity index (χ4v) is 13.4.